The lowest BCUT2D eigenvalue weighted by atomic mass is 10.2. The highest BCUT2D eigenvalue weighted by Gasteiger charge is 2.23. The second-order valence-electron chi connectivity index (χ2n) is 6.58. The van der Waals surface area contributed by atoms with E-state index < -0.39 is 0 Å². The van der Waals surface area contributed by atoms with Gasteiger partial charge in [-0.3, -0.25) is 14.6 Å². The number of aromatic nitrogens is 1. The van der Waals surface area contributed by atoms with Crippen LogP contribution < -0.4 is 4.90 Å². The molecule has 0 atom stereocenters. The van der Waals surface area contributed by atoms with Crippen molar-refractivity contribution >= 4 is 56.8 Å². The summed E-state index contributed by atoms with van der Waals surface area (Å²) in [5.41, 5.74) is 1.67. The van der Waals surface area contributed by atoms with Crippen molar-refractivity contribution in [3.8, 4) is 0 Å². The van der Waals surface area contributed by atoms with Gasteiger partial charge in [0.25, 0.3) is 5.91 Å². The molecular weight excluding hydrogens is 426 g/mol. The van der Waals surface area contributed by atoms with E-state index in [1.165, 1.54) is 0 Å². The molecule has 0 unspecified atom stereocenters. The first kappa shape index (κ1) is 22.1. The maximum Gasteiger partial charge on any atom is 0.260 e. The predicted molar refractivity (Wildman–Crippen MR) is 124 cm³/mol. The summed E-state index contributed by atoms with van der Waals surface area (Å²) in [6, 6.07) is 15.7. The number of thiazole rings is 1. The minimum absolute atomic E-state index is 0. The molecule has 1 amide bonds. The number of rotatable bonds is 6. The number of ether oxygens (including phenoxy) is 1. The topological polar surface area (TPSA) is 45.7 Å². The van der Waals surface area contributed by atoms with Crippen LogP contribution in [0.5, 0.6) is 0 Å². The van der Waals surface area contributed by atoms with Crippen molar-refractivity contribution in [2.24, 2.45) is 0 Å². The molecule has 0 N–H and O–H groups in total. The summed E-state index contributed by atoms with van der Waals surface area (Å²) < 4.78 is 6.55. The first-order valence-corrected chi connectivity index (χ1v) is 11.4. The van der Waals surface area contributed by atoms with Crippen LogP contribution in [0.15, 0.2) is 53.4 Å². The van der Waals surface area contributed by atoms with Gasteiger partial charge in [0.15, 0.2) is 5.13 Å². The third-order valence-corrected chi connectivity index (χ3v) is 6.64. The van der Waals surface area contributed by atoms with Crippen molar-refractivity contribution in [2.75, 3.05) is 50.5 Å². The zero-order valence-corrected chi connectivity index (χ0v) is 18.7. The van der Waals surface area contributed by atoms with E-state index in [9.17, 15) is 4.79 Å². The molecule has 3 aromatic rings. The normalized spacial score (nSPS) is 14.5. The van der Waals surface area contributed by atoms with Gasteiger partial charge in [-0.15, -0.1) is 24.2 Å². The monoisotopic (exact) mass is 449 g/mol. The Labute approximate surface area is 185 Å². The fourth-order valence-corrected chi connectivity index (χ4v) is 4.92. The molecule has 0 radical (unpaired) electrons. The standard InChI is InChI=1S/C21H23N3O2S2.ClH/c1-27-17-8-5-9-18-19(17)22-21(28-18)24(11-10-23-12-14-26-15-13-23)20(25)16-6-3-2-4-7-16;/h2-9H,10-15H2,1H3;1H. The zero-order valence-electron chi connectivity index (χ0n) is 16.2. The Morgan fingerprint density at radius 2 is 1.93 bits per heavy atom. The number of hydrogen-bond donors (Lipinski definition) is 0. The van der Waals surface area contributed by atoms with Gasteiger partial charge in [0, 0.05) is 36.6 Å². The van der Waals surface area contributed by atoms with Crippen molar-refractivity contribution in [2.45, 2.75) is 4.90 Å². The first-order valence-electron chi connectivity index (χ1n) is 9.37. The number of para-hydroxylation sites is 1. The Hall–Kier alpha value is -1.64. The van der Waals surface area contributed by atoms with Crippen molar-refractivity contribution < 1.29 is 9.53 Å². The number of fused-ring (bicyclic) bond motifs is 1. The average molecular weight is 450 g/mol. The van der Waals surface area contributed by atoms with Crippen molar-refractivity contribution in [1.29, 1.82) is 0 Å². The number of halogens is 1. The number of amides is 1. The lowest BCUT2D eigenvalue weighted by Gasteiger charge is -2.29. The quantitative estimate of drug-likeness (QED) is 0.521. The minimum atomic E-state index is -0.00128. The Morgan fingerprint density at radius 3 is 2.66 bits per heavy atom. The number of morpholine rings is 1. The Bertz CT molecular complexity index is 946. The molecule has 8 heteroatoms. The van der Waals surface area contributed by atoms with Crippen molar-refractivity contribution in [3.63, 3.8) is 0 Å². The highest BCUT2D eigenvalue weighted by atomic mass is 35.5. The fraction of sp³-hybridized carbons (Fsp3) is 0.333. The molecule has 0 spiro atoms. The molecule has 0 saturated carbocycles. The van der Waals surface area contributed by atoms with E-state index in [1.54, 1.807) is 23.1 Å². The summed E-state index contributed by atoms with van der Waals surface area (Å²) in [5, 5.41) is 0.763. The molecule has 1 aliphatic rings. The van der Waals surface area contributed by atoms with Gasteiger partial charge in [-0.1, -0.05) is 35.6 Å². The summed E-state index contributed by atoms with van der Waals surface area (Å²) in [5.74, 6) is -0.00128. The average Bonchev–Trinajstić information content (AvgIpc) is 3.19. The molecule has 5 nitrogen and oxygen atoms in total. The highest BCUT2D eigenvalue weighted by molar-refractivity contribution is 7.98. The number of nitrogens with zero attached hydrogens (tertiary/aromatic N) is 3. The van der Waals surface area contributed by atoms with E-state index in [4.69, 9.17) is 9.72 Å². The molecule has 29 heavy (non-hydrogen) atoms. The van der Waals surface area contributed by atoms with E-state index in [0.717, 1.165) is 53.1 Å². The van der Waals surface area contributed by atoms with E-state index in [0.29, 0.717) is 12.1 Å². The van der Waals surface area contributed by atoms with Crippen LogP contribution in [0.1, 0.15) is 10.4 Å². The van der Waals surface area contributed by atoms with Crippen LogP contribution in [0.2, 0.25) is 0 Å². The molecule has 1 aromatic heterocycles. The van der Waals surface area contributed by atoms with Crippen LogP contribution >= 0.6 is 35.5 Å². The number of benzene rings is 2. The van der Waals surface area contributed by atoms with Gasteiger partial charge in [0.2, 0.25) is 0 Å². The molecule has 4 rings (SSSR count). The predicted octanol–water partition coefficient (Wildman–Crippen LogP) is 4.42. The second-order valence-corrected chi connectivity index (χ2v) is 8.44. The zero-order chi connectivity index (χ0) is 19.3. The molecule has 154 valence electrons. The van der Waals surface area contributed by atoms with Gasteiger partial charge >= 0.3 is 0 Å². The third kappa shape index (κ3) is 5.10. The molecule has 1 fully saturated rings. The molecule has 2 heterocycles. The van der Waals surface area contributed by atoms with Crippen LogP contribution in [0.3, 0.4) is 0 Å². The molecule has 1 saturated heterocycles. The molecule has 1 aliphatic heterocycles. The van der Waals surface area contributed by atoms with Gasteiger partial charge in [0.1, 0.15) is 0 Å². The second kappa shape index (κ2) is 10.4. The van der Waals surface area contributed by atoms with Gasteiger partial charge in [-0.05, 0) is 30.5 Å². The third-order valence-electron chi connectivity index (χ3n) is 4.83. The molecule has 2 aromatic carbocycles. The van der Waals surface area contributed by atoms with Gasteiger partial charge in [0.05, 0.1) is 23.4 Å². The Morgan fingerprint density at radius 1 is 1.17 bits per heavy atom. The lowest BCUT2D eigenvalue weighted by Crippen LogP contribution is -2.43. The van der Waals surface area contributed by atoms with Crippen LogP contribution in [0.25, 0.3) is 10.2 Å². The fourth-order valence-electron chi connectivity index (χ4n) is 3.28. The summed E-state index contributed by atoms with van der Waals surface area (Å²) in [7, 11) is 0. The Kier molecular flexibility index (Phi) is 7.91. The lowest BCUT2D eigenvalue weighted by molar-refractivity contribution is 0.0391. The first-order chi connectivity index (χ1) is 13.8. The van der Waals surface area contributed by atoms with Gasteiger partial charge in [-0.2, -0.15) is 0 Å². The van der Waals surface area contributed by atoms with Crippen LogP contribution in [0.4, 0.5) is 5.13 Å². The molecular formula is C21H24ClN3O2S2. The van der Waals surface area contributed by atoms with E-state index in [1.807, 2.05) is 41.3 Å². The van der Waals surface area contributed by atoms with Crippen LogP contribution in [-0.2, 0) is 4.74 Å². The molecule has 0 bridgehead atoms. The summed E-state index contributed by atoms with van der Waals surface area (Å²) in [6.07, 6.45) is 2.05. The van der Waals surface area contributed by atoms with Gasteiger partial charge < -0.3 is 4.74 Å². The smallest absolute Gasteiger partial charge is 0.260 e. The SMILES string of the molecule is CSc1cccc2sc(N(CCN3CCOCC3)C(=O)c3ccccc3)nc12.Cl. The summed E-state index contributed by atoms with van der Waals surface area (Å²) in [4.78, 5) is 23.5. The number of anilines is 1. The Balaban J connectivity index is 0.00000240. The van der Waals surface area contributed by atoms with Crippen LogP contribution in [-0.4, -0.2) is 61.4 Å². The van der Waals surface area contributed by atoms with E-state index in [-0.39, 0.29) is 18.3 Å². The number of carbonyl (C=O) groups is 1. The van der Waals surface area contributed by atoms with Crippen molar-refractivity contribution in [1.82, 2.24) is 9.88 Å². The minimum Gasteiger partial charge on any atom is -0.379 e. The largest absolute Gasteiger partial charge is 0.379 e. The van der Waals surface area contributed by atoms with E-state index in [2.05, 4.69) is 23.3 Å². The van der Waals surface area contributed by atoms with Gasteiger partial charge in [-0.25, -0.2) is 4.98 Å². The highest BCUT2D eigenvalue weighted by Crippen LogP contribution is 2.34. The van der Waals surface area contributed by atoms with Crippen LogP contribution in [0, 0.1) is 0 Å². The van der Waals surface area contributed by atoms with Crippen molar-refractivity contribution in [3.05, 3.63) is 54.1 Å². The summed E-state index contributed by atoms with van der Waals surface area (Å²) in [6.45, 7) is 4.75. The number of carbonyl (C=O) groups excluding carboxylic acids is 1. The van der Waals surface area contributed by atoms with E-state index >= 15 is 0 Å². The maximum atomic E-state index is 13.3. The maximum absolute atomic E-state index is 13.3. The summed E-state index contributed by atoms with van der Waals surface area (Å²) >= 11 is 3.26. The number of hydrogen-bond acceptors (Lipinski definition) is 6. The number of thioether (sulfide) groups is 1. The molecule has 0 aliphatic carbocycles.